The van der Waals surface area contributed by atoms with Gasteiger partial charge in [-0.05, 0) is 42.1 Å². The Kier molecular flexibility index (Phi) is 4.64. The first-order valence-corrected chi connectivity index (χ1v) is 8.03. The minimum Gasteiger partial charge on any atom is -0.362 e. The number of rotatable bonds is 4. The Balaban J connectivity index is 1.97. The van der Waals surface area contributed by atoms with E-state index < -0.39 is 0 Å². The van der Waals surface area contributed by atoms with E-state index in [0.29, 0.717) is 27.5 Å². The lowest BCUT2D eigenvalue weighted by atomic mass is 10.3. The van der Waals surface area contributed by atoms with Crippen LogP contribution < -0.4 is 0 Å². The first-order chi connectivity index (χ1) is 11.2. The van der Waals surface area contributed by atoms with Gasteiger partial charge in [0.05, 0.1) is 4.91 Å². The Morgan fingerprint density at radius 3 is 3.00 bits per heavy atom. The van der Waals surface area contributed by atoms with Gasteiger partial charge in [0.1, 0.15) is 5.69 Å². The predicted molar refractivity (Wildman–Crippen MR) is 94.6 cm³/mol. The molecule has 0 radical (unpaired) electrons. The third-order valence-electron chi connectivity index (χ3n) is 3.06. The highest BCUT2D eigenvalue weighted by molar-refractivity contribution is 8.18. The van der Waals surface area contributed by atoms with Gasteiger partial charge in [-0.2, -0.15) is 0 Å². The van der Waals surface area contributed by atoms with Crippen LogP contribution in [-0.4, -0.2) is 32.5 Å². The number of amidine groups is 1. The fourth-order valence-electron chi connectivity index (χ4n) is 2.02. The number of hydrogen-bond donors (Lipinski definition) is 1. The van der Waals surface area contributed by atoms with Crippen LogP contribution in [0.5, 0.6) is 0 Å². The van der Waals surface area contributed by atoms with E-state index in [1.807, 2.05) is 18.3 Å². The second-order valence-electron chi connectivity index (χ2n) is 4.65. The topological polar surface area (TPSA) is 61.4 Å². The molecule has 0 unspecified atom stereocenters. The number of nitrogens with one attached hydrogen (secondary N) is 1. The van der Waals surface area contributed by atoms with E-state index in [4.69, 9.17) is 11.6 Å². The van der Waals surface area contributed by atoms with E-state index in [1.54, 1.807) is 35.4 Å². The molecular formula is C16H13ClN4OS. The monoisotopic (exact) mass is 344 g/mol. The van der Waals surface area contributed by atoms with Crippen LogP contribution in [0, 0.1) is 0 Å². The fraction of sp³-hybridized carbons (Fsp3) is 0.0625. The molecule has 2 aromatic rings. The van der Waals surface area contributed by atoms with Crippen LogP contribution >= 0.6 is 23.4 Å². The molecular weight excluding hydrogens is 332 g/mol. The van der Waals surface area contributed by atoms with E-state index in [0.717, 1.165) is 5.69 Å². The Morgan fingerprint density at radius 1 is 1.43 bits per heavy atom. The molecule has 0 saturated carbocycles. The Labute approximate surface area is 142 Å². The van der Waals surface area contributed by atoms with E-state index in [9.17, 15) is 4.79 Å². The van der Waals surface area contributed by atoms with Crippen LogP contribution in [0.3, 0.4) is 0 Å². The highest BCUT2D eigenvalue weighted by Crippen LogP contribution is 2.34. The SMILES string of the molecule is C=CCN1C(=O)/C(=C\c2ccc[nH]2)SC1=Nc1cccnc1Cl. The van der Waals surface area contributed by atoms with Crippen LogP contribution in [0.4, 0.5) is 5.69 Å². The predicted octanol–water partition coefficient (Wildman–Crippen LogP) is 3.85. The van der Waals surface area contributed by atoms with Crippen molar-refractivity contribution in [2.75, 3.05) is 6.54 Å². The molecule has 1 aliphatic rings. The molecule has 23 heavy (non-hydrogen) atoms. The average molecular weight is 345 g/mol. The third kappa shape index (κ3) is 3.38. The van der Waals surface area contributed by atoms with Gasteiger partial charge in [-0.1, -0.05) is 17.7 Å². The summed E-state index contributed by atoms with van der Waals surface area (Å²) in [4.78, 5) is 26.2. The molecule has 0 spiro atoms. The first-order valence-electron chi connectivity index (χ1n) is 6.84. The highest BCUT2D eigenvalue weighted by Gasteiger charge is 2.32. The Hall–Kier alpha value is -2.31. The van der Waals surface area contributed by atoms with Gasteiger partial charge in [-0.3, -0.25) is 9.69 Å². The average Bonchev–Trinajstić information content (AvgIpc) is 3.14. The number of nitrogens with zero attached hydrogens (tertiary/aromatic N) is 3. The molecule has 0 aliphatic carbocycles. The number of hydrogen-bond acceptors (Lipinski definition) is 4. The summed E-state index contributed by atoms with van der Waals surface area (Å²) in [6, 6.07) is 7.28. The van der Waals surface area contributed by atoms with Crippen molar-refractivity contribution in [1.82, 2.24) is 14.9 Å². The molecule has 7 heteroatoms. The zero-order valence-corrected chi connectivity index (χ0v) is 13.6. The van der Waals surface area contributed by atoms with Gasteiger partial charge in [0.25, 0.3) is 5.91 Å². The molecule has 1 saturated heterocycles. The maximum Gasteiger partial charge on any atom is 0.267 e. The molecule has 116 valence electrons. The van der Waals surface area contributed by atoms with Gasteiger partial charge >= 0.3 is 0 Å². The zero-order valence-electron chi connectivity index (χ0n) is 12.1. The number of aliphatic imine (C=N–C) groups is 1. The Bertz CT molecular complexity index is 798. The minimum atomic E-state index is -0.108. The van der Waals surface area contributed by atoms with Gasteiger partial charge in [0.15, 0.2) is 10.3 Å². The molecule has 3 rings (SSSR count). The quantitative estimate of drug-likeness (QED) is 0.520. The fourth-order valence-corrected chi connectivity index (χ4v) is 3.17. The van der Waals surface area contributed by atoms with Crippen molar-refractivity contribution in [1.29, 1.82) is 0 Å². The maximum absolute atomic E-state index is 12.6. The van der Waals surface area contributed by atoms with Crippen LogP contribution in [0.2, 0.25) is 5.15 Å². The van der Waals surface area contributed by atoms with E-state index in [2.05, 4.69) is 21.5 Å². The van der Waals surface area contributed by atoms with Gasteiger partial charge in [-0.15, -0.1) is 6.58 Å². The van der Waals surface area contributed by atoms with Crippen molar-refractivity contribution >= 4 is 46.2 Å². The van der Waals surface area contributed by atoms with Crippen LogP contribution in [0.25, 0.3) is 6.08 Å². The molecule has 2 aromatic heterocycles. The van der Waals surface area contributed by atoms with Crippen LogP contribution in [0.1, 0.15) is 5.69 Å². The summed E-state index contributed by atoms with van der Waals surface area (Å²) in [5, 5.41) is 0.857. The Morgan fingerprint density at radius 2 is 2.30 bits per heavy atom. The first kappa shape index (κ1) is 15.6. The lowest BCUT2D eigenvalue weighted by Crippen LogP contribution is -2.29. The number of H-pyrrole nitrogens is 1. The van der Waals surface area contributed by atoms with E-state index >= 15 is 0 Å². The van der Waals surface area contributed by atoms with Crippen molar-refractivity contribution in [2.45, 2.75) is 0 Å². The van der Waals surface area contributed by atoms with E-state index in [1.165, 1.54) is 11.8 Å². The minimum absolute atomic E-state index is 0.108. The summed E-state index contributed by atoms with van der Waals surface area (Å²) in [6.45, 7) is 4.08. The summed E-state index contributed by atoms with van der Waals surface area (Å²) >= 11 is 7.35. The van der Waals surface area contributed by atoms with Crippen molar-refractivity contribution in [2.24, 2.45) is 4.99 Å². The largest absolute Gasteiger partial charge is 0.362 e. The summed E-state index contributed by atoms with van der Waals surface area (Å²) in [7, 11) is 0. The number of aromatic amines is 1. The molecule has 0 bridgehead atoms. The number of aromatic nitrogens is 2. The standard InChI is InChI=1S/C16H13ClN4OS/c1-2-9-21-15(22)13(10-11-5-3-7-18-11)23-16(21)20-12-6-4-8-19-14(12)17/h2-8,10,18H,1,9H2/b13-10+,20-16?. The molecule has 1 aliphatic heterocycles. The molecule has 3 heterocycles. The number of pyridine rings is 1. The molecule has 1 amide bonds. The van der Waals surface area contributed by atoms with Gasteiger partial charge in [-0.25, -0.2) is 9.98 Å². The molecule has 0 atom stereocenters. The second-order valence-corrected chi connectivity index (χ2v) is 6.02. The lowest BCUT2D eigenvalue weighted by molar-refractivity contribution is -0.121. The lowest BCUT2D eigenvalue weighted by Gasteiger charge is -2.12. The van der Waals surface area contributed by atoms with Gasteiger partial charge in [0, 0.05) is 24.6 Å². The van der Waals surface area contributed by atoms with E-state index in [-0.39, 0.29) is 5.91 Å². The maximum atomic E-state index is 12.6. The number of thioether (sulfide) groups is 1. The van der Waals surface area contributed by atoms with Gasteiger partial charge in [0.2, 0.25) is 0 Å². The molecule has 1 N–H and O–H groups in total. The number of carbonyl (C=O) groups excluding carboxylic acids is 1. The van der Waals surface area contributed by atoms with Gasteiger partial charge < -0.3 is 4.98 Å². The summed E-state index contributed by atoms with van der Waals surface area (Å²) in [5.74, 6) is -0.108. The van der Waals surface area contributed by atoms with Crippen LogP contribution in [-0.2, 0) is 4.79 Å². The van der Waals surface area contributed by atoms with Crippen molar-refractivity contribution in [3.8, 4) is 0 Å². The third-order valence-corrected chi connectivity index (χ3v) is 4.36. The molecule has 0 aromatic carbocycles. The summed E-state index contributed by atoms with van der Waals surface area (Å²) < 4.78 is 0. The number of amides is 1. The zero-order chi connectivity index (χ0) is 16.2. The number of halogens is 1. The molecule has 1 fully saturated rings. The second kappa shape index (κ2) is 6.85. The summed E-state index contributed by atoms with van der Waals surface area (Å²) in [6.07, 6.45) is 6.87. The highest BCUT2D eigenvalue weighted by atomic mass is 35.5. The normalized spacial score (nSPS) is 18.1. The summed E-state index contributed by atoms with van der Waals surface area (Å²) in [5.41, 5.74) is 1.39. The molecule has 5 nitrogen and oxygen atoms in total. The van der Waals surface area contributed by atoms with Crippen molar-refractivity contribution < 1.29 is 4.79 Å². The number of carbonyl (C=O) groups is 1. The van der Waals surface area contributed by atoms with Crippen LogP contribution in [0.15, 0.2) is 59.2 Å². The smallest absolute Gasteiger partial charge is 0.267 e. The van der Waals surface area contributed by atoms with Crippen molar-refractivity contribution in [3.63, 3.8) is 0 Å². The van der Waals surface area contributed by atoms with Crippen molar-refractivity contribution in [3.05, 3.63) is 65.1 Å².